The van der Waals surface area contributed by atoms with Crippen molar-refractivity contribution in [3.05, 3.63) is 57.6 Å². The van der Waals surface area contributed by atoms with Gasteiger partial charge in [-0.2, -0.15) is 0 Å². The van der Waals surface area contributed by atoms with Gasteiger partial charge >= 0.3 is 0 Å². The zero-order valence-electron chi connectivity index (χ0n) is 12.5. The maximum Gasteiger partial charge on any atom is 0.243 e. The Hall–Kier alpha value is -1.71. The molecule has 1 amide bonds. The van der Waals surface area contributed by atoms with E-state index in [1.54, 1.807) is 18.2 Å². The van der Waals surface area contributed by atoms with E-state index >= 15 is 0 Å². The molecule has 2 N–H and O–H groups in total. The topological polar surface area (TPSA) is 41.1 Å². The number of hydrogen-bond acceptors (Lipinski definition) is 2. The second-order valence-corrected chi connectivity index (χ2v) is 5.83. The second-order valence-electron chi connectivity index (χ2n) is 4.99. The number of para-hydroxylation sites is 1. The Labute approximate surface area is 140 Å². The van der Waals surface area contributed by atoms with Gasteiger partial charge in [-0.25, -0.2) is 0 Å². The van der Waals surface area contributed by atoms with Gasteiger partial charge in [-0.15, -0.1) is 0 Å². The van der Waals surface area contributed by atoms with Gasteiger partial charge in [0.2, 0.25) is 5.91 Å². The van der Waals surface area contributed by atoms with Gasteiger partial charge in [0.25, 0.3) is 0 Å². The van der Waals surface area contributed by atoms with Gasteiger partial charge in [0.15, 0.2) is 0 Å². The Kier molecular flexibility index (Phi) is 5.69. The molecular weight excluding hydrogens is 319 g/mol. The van der Waals surface area contributed by atoms with Crippen LogP contribution >= 0.6 is 23.2 Å². The Morgan fingerprint density at radius 2 is 1.95 bits per heavy atom. The van der Waals surface area contributed by atoms with Crippen molar-refractivity contribution in [3.63, 3.8) is 0 Å². The highest BCUT2D eigenvalue weighted by Crippen LogP contribution is 2.25. The number of halogens is 2. The van der Waals surface area contributed by atoms with Crippen molar-refractivity contribution in [1.29, 1.82) is 0 Å². The van der Waals surface area contributed by atoms with Crippen molar-refractivity contribution < 1.29 is 4.79 Å². The lowest BCUT2D eigenvalue weighted by molar-refractivity contribution is -0.114. The minimum Gasteiger partial charge on any atom is -0.376 e. The van der Waals surface area contributed by atoms with E-state index < -0.39 is 0 Å². The zero-order valence-corrected chi connectivity index (χ0v) is 14.1. The van der Waals surface area contributed by atoms with Crippen molar-refractivity contribution in [2.24, 2.45) is 0 Å². The number of aryl methyl sites for hydroxylation is 2. The number of hydrogen-bond donors (Lipinski definition) is 2. The fourth-order valence-electron chi connectivity index (χ4n) is 2.23. The molecule has 0 radical (unpaired) electrons. The number of carbonyl (C=O) groups excluding carboxylic acids is 1. The summed E-state index contributed by atoms with van der Waals surface area (Å²) in [4.78, 5) is 12.1. The molecule has 2 rings (SSSR count). The van der Waals surface area contributed by atoms with E-state index in [9.17, 15) is 4.79 Å². The molecule has 22 heavy (non-hydrogen) atoms. The van der Waals surface area contributed by atoms with Crippen LogP contribution in [0.15, 0.2) is 36.4 Å². The van der Waals surface area contributed by atoms with Crippen LogP contribution in [0.25, 0.3) is 0 Å². The SMILES string of the molecule is CCc1cccc(C)c1NCC(=O)Nc1ccc(Cl)cc1Cl. The molecule has 0 aliphatic heterocycles. The van der Waals surface area contributed by atoms with Gasteiger partial charge in [-0.1, -0.05) is 48.3 Å². The molecule has 0 heterocycles. The Morgan fingerprint density at radius 3 is 2.64 bits per heavy atom. The third kappa shape index (κ3) is 4.15. The number of anilines is 2. The summed E-state index contributed by atoms with van der Waals surface area (Å²) in [6.45, 7) is 4.29. The molecule has 0 saturated heterocycles. The molecule has 2 aromatic rings. The van der Waals surface area contributed by atoms with E-state index in [1.807, 2.05) is 19.1 Å². The lowest BCUT2D eigenvalue weighted by Crippen LogP contribution is -2.22. The summed E-state index contributed by atoms with van der Waals surface area (Å²) >= 11 is 11.9. The summed E-state index contributed by atoms with van der Waals surface area (Å²) in [6.07, 6.45) is 0.911. The Morgan fingerprint density at radius 1 is 1.18 bits per heavy atom. The highest BCUT2D eigenvalue weighted by atomic mass is 35.5. The minimum absolute atomic E-state index is 0.158. The quantitative estimate of drug-likeness (QED) is 0.813. The van der Waals surface area contributed by atoms with Gasteiger partial charge in [-0.3, -0.25) is 4.79 Å². The molecule has 5 heteroatoms. The fraction of sp³-hybridized carbons (Fsp3) is 0.235. The van der Waals surface area contributed by atoms with Crippen LogP contribution < -0.4 is 10.6 Å². The first-order chi connectivity index (χ1) is 10.5. The third-order valence-corrected chi connectivity index (χ3v) is 3.92. The first kappa shape index (κ1) is 16.7. The average Bonchev–Trinajstić information content (AvgIpc) is 2.48. The molecule has 0 aromatic heterocycles. The molecule has 0 atom stereocenters. The predicted molar refractivity (Wildman–Crippen MR) is 94.1 cm³/mol. The molecule has 0 unspecified atom stereocenters. The molecule has 0 saturated carbocycles. The molecule has 0 spiro atoms. The van der Waals surface area contributed by atoms with Crippen LogP contribution in [-0.4, -0.2) is 12.5 Å². The summed E-state index contributed by atoms with van der Waals surface area (Å²) in [7, 11) is 0. The van der Waals surface area contributed by atoms with Gasteiger partial charge in [-0.05, 0) is 42.7 Å². The van der Waals surface area contributed by atoms with E-state index in [-0.39, 0.29) is 12.5 Å². The Bertz CT molecular complexity index is 686. The highest BCUT2D eigenvalue weighted by molar-refractivity contribution is 6.36. The van der Waals surface area contributed by atoms with E-state index in [1.165, 1.54) is 5.56 Å². The summed E-state index contributed by atoms with van der Waals surface area (Å²) in [5.74, 6) is -0.158. The highest BCUT2D eigenvalue weighted by Gasteiger charge is 2.09. The van der Waals surface area contributed by atoms with Crippen LogP contribution in [0.3, 0.4) is 0 Å². The smallest absolute Gasteiger partial charge is 0.243 e. The molecular formula is C17H18Cl2N2O. The van der Waals surface area contributed by atoms with Crippen LogP contribution in [0.1, 0.15) is 18.1 Å². The number of nitrogens with one attached hydrogen (secondary N) is 2. The van der Waals surface area contributed by atoms with E-state index in [2.05, 4.69) is 23.6 Å². The van der Waals surface area contributed by atoms with Crippen molar-refractivity contribution in [1.82, 2.24) is 0 Å². The number of carbonyl (C=O) groups is 1. The summed E-state index contributed by atoms with van der Waals surface area (Å²) in [5, 5.41) is 6.93. The Balaban J connectivity index is 2.02. The largest absolute Gasteiger partial charge is 0.376 e. The van der Waals surface area contributed by atoms with Crippen LogP contribution in [0, 0.1) is 6.92 Å². The number of amides is 1. The van der Waals surface area contributed by atoms with Crippen LogP contribution in [0.2, 0.25) is 10.0 Å². The molecule has 116 valence electrons. The van der Waals surface area contributed by atoms with Gasteiger partial charge < -0.3 is 10.6 Å². The van der Waals surface area contributed by atoms with Crippen molar-refractivity contribution >= 4 is 40.5 Å². The minimum atomic E-state index is -0.158. The monoisotopic (exact) mass is 336 g/mol. The van der Waals surface area contributed by atoms with Crippen LogP contribution in [0.5, 0.6) is 0 Å². The van der Waals surface area contributed by atoms with E-state index in [0.717, 1.165) is 17.7 Å². The van der Waals surface area contributed by atoms with Crippen molar-refractivity contribution in [2.75, 3.05) is 17.2 Å². The molecule has 0 aliphatic rings. The average molecular weight is 337 g/mol. The van der Waals surface area contributed by atoms with Gasteiger partial charge in [0.05, 0.1) is 17.3 Å². The fourth-order valence-corrected chi connectivity index (χ4v) is 2.69. The molecule has 2 aromatic carbocycles. The number of rotatable bonds is 5. The summed E-state index contributed by atoms with van der Waals surface area (Å²) in [6, 6.07) is 11.1. The lowest BCUT2D eigenvalue weighted by Gasteiger charge is -2.14. The molecule has 3 nitrogen and oxygen atoms in total. The van der Waals surface area contributed by atoms with Crippen LogP contribution in [-0.2, 0) is 11.2 Å². The van der Waals surface area contributed by atoms with Gasteiger partial charge in [0.1, 0.15) is 0 Å². The zero-order chi connectivity index (χ0) is 16.1. The molecule has 0 fully saturated rings. The van der Waals surface area contributed by atoms with E-state index in [4.69, 9.17) is 23.2 Å². The summed E-state index contributed by atoms with van der Waals surface area (Å²) < 4.78 is 0. The predicted octanol–water partition coefficient (Wildman–Crippen LogP) is 4.91. The molecule has 0 bridgehead atoms. The summed E-state index contributed by atoms with van der Waals surface area (Å²) in [5.41, 5.74) is 3.88. The maximum absolute atomic E-state index is 12.1. The molecule has 0 aliphatic carbocycles. The standard InChI is InChI=1S/C17H18Cl2N2O/c1-3-12-6-4-5-11(2)17(12)20-10-16(22)21-15-8-7-13(18)9-14(15)19/h4-9,20H,3,10H2,1-2H3,(H,21,22). The van der Waals surface area contributed by atoms with Crippen molar-refractivity contribution in [3.8, 4) is 0 Å². The van der Waals surface area contributed by atoms with E-state index in [0.29, 0.717) is 15.7 Å². The first-order valence-electron chi connectivity index (χ1n) is 7.08. The number of benzene rings is 2. The maximum atomic E-state index is 12.1. The lowest BCUT2D eigenvalue weighted by atomic mass is 10.1. The van der Waals surface area contributed by atoms with Crippen LogP contribution in [0.4, 0.5) is 11.4 Å². The second kappa shape index (κ2) is 7.52. The van der Waals surface area contributed by atoms with Gasteiger partial charge in [0, 0.05) is 10.7 Å². The van der Waals surface area contributed by atoms with Crippen molar-refractivity contribution in [2.45, 2.75) is 20.3 Å². The first-order valence-corrected chi connectivity index (χ1v) is 7.84. The normalized spacial score (nSPS) is 10.4. The third-order valence-electron chi connectivity index (χ3n) is 3.37.